The van der Waals surface area contributed by atoms with Gasteiger partial charge in [-0.25, -0.2) is 0 Å². The number of likely N-dealkylation sites (tertiary alicyclic amines) is 1. The molecule has 41 heavy (non-hydrogen) atoms. The van der Waals surface area contributed by atoms with Crippen LogP contribution >= 0.6 is 0 Å². The zero-order chi connectivity index (χ0) is 28.9. The number of quaternary nitrogens is 1. The van der Waals surface area contributed by atoms with Crippen LogP contribution in [0.1, 0.15) is 82.3 Å². The lowest BCUT2D eigenvalue weighted by molar-refractivity contribution is -0.925. The highest BCUT2D eigenvalue weighted by Crippen LogP contribution is 2.55. The topological polar surface area (TPSA) is 64.6 Å². The van der Waals surface area contributed by atoms with E-state index in [2.05, 4.69) is 48.8 Å². The van der Waals surface area contributed by atoms with E-state index in [4.69, 9.17) is 9.47 Å². The van der Waals surface area contributed by atoms with Crippen molar-refractivity contribution in [3.8, 4) is 5.75 Å². The van der Waals surface area contributed by atoms with Gasteiger partial charge in [-0.2, -0.15) is 0 Å². The summed E-state index contributed by atoms with van der Waals surface area (Å²) in [6.45, 7) is 4.72. The third-order valence-electron chi connectivity index (χ3n) is 10.1. The average molecular weight is 562 g/mol. The summed E-state index contributed by atoms with van der Waals surface area (Å²) in [4.78, 5) is 24.9. The fourth-order valence-corrected chi connectivity index (χ4v) is 7.92. The third kappa shape index (κ3) is 7.03. The fraction of sp³-hybridized carbons (Fsp3) is 0.600. The number of carbonyl (C=O) groups is 2. The van der Waals surface area contributed by atoms with E-state index in [1.165, 1.54) is 31.9 Å². The highest BCUT2D eigenvalue weighted by molar-refractivity contribution is 5.76. The first-order chi connectivity index (χ1) is 19.7. The molecular formula is C35H49N2O4+. The van der Waals surface area contributed by atoms with Gasteiger partial charge in [0, 0.05) is 44.2 Å². The molecule has 5 rings (SSSR count). The Labute approximate surface area is 246 Å². The van der Waals surface area contributed by atoms with Gasteiger partial charge in [0.05, 0.1) is 20.1 Å². The summed E-state index contributed by atoms with van der Waals surface area (Å²) in [6.07, 6.45) is 11.1. The van der Waals surface area contributed by atoms with Gasteiger partial charge in [-0.3, -0.25) is 9.59 Å². The van der Waals surface area contributed by atoms with Gasteiger partial charge in [0.15, 0.2) is 0 Å². The quantitative estimate of drug-likeness (QED) is 0.150. The monoisotopic (exact) mass is 561 g/mol. The lowest BCUT2D eigenvalue weighted by Gasteiger charge is -2.61. The van der Waals surface area contributed by atoms with Gasteiger partial charge in [-0.05, 0) is 74.6 Å². The number of amides is 1. The van der Waals surface area contributed by atoms with E-state index >= 15 is 0 Å². The van der Waals surface area contributed by atoms with Gasteiger partial charge in [0.25, 0.3) is 0 Å². The molecule has 1 heterocycles. The number of methoxy groups -OCH3 is 1. The van der Waals surface area contributed by atoms with E-state index in [1.807, 2.05) is 25.3 Å². The fourth-order valence-electron chi connectivity index (χ4n) is 7.92. The van der Waals surface area contributed by atoms with Gasteiger partial charge < -0.3 is 19.3 Å². The number of unbranched alkanes of at least 4 members (excludes halogenated alkanes) is 2. The number of ether oxygens (including phenoxy) is 2. The average Bonchev–Trinajstić information content (AvgIpc) is 3.77. The van der Waals surface area contributed by atoms with E-state index in [0.717, 1.165) is 80.4 Å². The molecule has 1 saturated heterocycles. The molecule has 0 bridgehead atoms. The molecule has 0 radical (unpaired) electrons. The number of hydrogen-bond acceptors (Lipinski definition) is 4. The van der Waals surface area contributed by atoms with Crippen LogP contribution in [-0.4, -0.2) is 61.8 Å². The SMILES string of the molecule is COC12CC[C@@H](NC(=O)CCCCCc3ccccc3)C[C@]1(c1cccc(OC(C)=O)c1)CC[N@+](C)(CC1CC1)C2. The van der Waals surface area contributed by atoms with Crippen LogP contribution in [0.3, 0.4) is 0 Å². The molecule has 3 aliphatic rings. The largest absolute Gasteiger partial charge is 0.427 e. The Morgan fingerprint density at radius 3 is 2.54 bits per heavy atom. The zero-order valence-electron chi connectivity index (χ0n) is 25.3. The first-order valence-electron chi connectivity index (χ1n) is 15.8. The number of hydrogen-bond donors (Lipinski definition) is 1. The Bertz CT molecular complexity index is 1200. The van der Waals surface area contributed by atoms with E-state index in [9.17, 15) is 9.59 Å². The Balaban J connectivity index is 1.28. The van der Waals surface area contributed by atoms with Crippen LogP contribution < -0.4 is 10.1 Å². The Hall–Kier alpha value is -2.70. The maximum absolute atomic E-state index is 13.1. The lowest BCUT2D eigenvalue weighted by Crippen LogP contribution is -2.72. The maximum atomic E-state index is 13.1. The summed E-state index contributed by atoms with van der Waals surface area (Å²) in [5.74, 6) is 1.27. The summed E-state index contributed by atoms with van der Waals surface area (Å²) >= 11 is 0. The summed E-state index contributed by atoms with van der Waals surface area (Å²) in [5, 5.41) is 3.42. The number of rotatable bonds is 12. The number of likely N-dealkylation sites (N-methyl/N-ethyl adjacent to an activating group) is 1. The number of esters is 1. The van der Waals surface area contributed by atoms with Crippen molar-refractivity contribution in [2.75, 3.05) is 33.8 Å². The highest BCUT2D eigenvalue weighted by Gasteiger charge is 2.63. The number of fused-ring (bicyclic) bond motifs is 1. The van der Waals surface area contributed by atoms with Crippen LogP contribution in [0.4, 0.5) is 0 Å². The Morgan fingerprint density at radius 2 is 1.80 bits per heavy atom. The summed E-state index contributed by atoms with van der Waals surface area (Å²) in [5.41, 5.74) is 1.94. The second-order valence-electron chi connectivity index (χ2n) is 13.3. The molecule has 1 amide bonds. The molecule has 3 fully saturated rings. The van der Waals surface area contributed by atoms with E-state index in [0.29, 0.717) is 12.2 Å². The van der Waals surface area contributed by atoms with Crippen LogP contribution in [0.2, 0.25) is 0 Å². The van der Waals surface area contributed by atoms with Crippen LogP contribution in [-0.2, 0) is 26.2 Å². The van der Waals surface area contributed by atoms with Crippen LogP contribution in [0, 0.1) is 5.92 Å². The van der Waals surface area contributed by atoms with Gasteiger partial charge >= 0.3 is 5.97 Å². The van der Waals surface area contributed by atoms with E-state index < -0.39 is 0 Å². The summed E-state index contributed by atoms with van der Waals surface area (Å²) in [7, 11) is 4.29. The first-order valence-corrected chi connectivity index (χ1v) is 15.8. The predicted molar refractivity (Wildman–Crippen MR) is 162 cm³/mol. The zero-order valence-corrected chi connectivity index (χ0v) is 25.3. The molecule has 0 aromatic heterocycles. The van der Waals surface area contributed by atoms with Crippen molar-refractivity contribution in [3.63, 3.8) is 0 Å². The van der Waals surface area contributed by atoms with Crippen molar-refractivity contribution in [2.24, 2.45) is 5.92 Å². The predicted octanol–water partition coefficient (Wildman–Crippen LogP) is 5.97. The maximum Gasteiger partial charge on any atom is 0.308 e. The van der Waals surface area contributed by atoms with Crippen LogP contribution in [0.5, 0.6) is 5.75 Å². The number of piperidine rings is 1. The van der Waals surface area contributed by atoms with Gasteiger partial charge in [0.1, 0.15) is 17.9 Å². The molecule has 2 aliphatic carbocycles. The van der Waals surface area contributed by atoms with Gasteiger partial charge in [-0.1, -0.05) is 48.9 Å². The summed E-state index contributed by atoms with van der Waals surface area (Å²) < 4.78 is 13.2. The van der Waals surface area contributed by atoms with Crippen molar-refractivity contribution in [2.45, 2.75) is 94.6 Å². The standard InChI is InChI=1S/C35H48N2O4/c1-27(38)41-32-15-10-14-30(23-32)34-21-22-37(2,25-29-17-18-29)26-35(34,40-3)20-19-31(24-34)36-33(39)16-9-5-8-13-28-11-6-4-7-12-28/h4,6-7,10-12,14-15,23,29,31H,5,8-9,13,16-22,24-26H2,1-3H3/p+1/t31-,34+,35?,37-/m1/s1. The lowest BCUT2D eigenvalue weighted by atomic mass is 9.54. The van der Waals surface area contributed by atoms with Gasteiger partial charge in [0.2, 0.25) is 5.91 Å². The highest BCUT2D eigenvalue weighted by atomic mass is 16.5. The minimum absolute atomic E-state index is 0.104. The minimum atomic E-state index is -0.331. The second kappa shape index (κ2) is 12.7. The Morgan fingerprint density at radius 1 is 1.00 bits per heavy atom. The molecule has 6 heteroatoms. The minimum Gasteiger partial charge on any atom is -0.427 e. The van der Waals surface area contributed by atoms with Crippen LogP contribution in [0.15, 0.2) is 54.6 Å². The summed E-state index contributed by atoms with van der Waals surface area (Å²) in [6, 6.07) is 18.7. The molecule has 1 unspecified atom stereocenters. The molecule has 6 nitrogen and oxygen atoms in total. The molecule has 2 aromatic rings. The molecule has 0 spiro atoms. The smallest absolute Gasteiger partial charge is 0.308 e. The molecule has 222 valence electrons. The van der Waals surface area contributed by atoms with Crippen molar-refractivity contribution < 1.29 is 23.5 Å². The number of benzene rings is 2. The van der Waals surface area contributed by atoms with E-state index in [1.54, 1.807) is 0 Å². The first kappa shape index (κ1) is 29.8. The van der Waals surface area contributed by atoms with Crippen molar-refractivity contribution in [1.29, 1.82) is 0 Å². The van der Waals surface area contributed by atoms with E-state index in [-0.39, 0.29) is 28.9 Å². The molecular weight excluding hydrogens is 512 g/mol. The van der Waals surface area contributed by atoms with Crippen molar-refractivity contribution in [1.82, 2.24) is 5.32 Å². The van der Waals surface area contributed by atoms with Crippen molar-refractivity contribution >= 4 is 11.9 Å². The number of nitrogens with one attached hydrogen (secondary N) is 1. The Kier molecular flexibility index (Phi) is 9.20. The van der Waals surface area contributed by atoms with Gasteiger partial charge in [-0.15, -0.1) is 0 Å². The molecule has 2 aromatic carbocycles. The van der Waals surface area contributed by atoms with Crippen molar-refractivity contribution in [3.05, 3.63) is 65.7 Å². The third-order valence-corrected chi connectivity index (χ3v) is 10.1. The number of aryl methyl sites for hydroxylation is 1. The molecule has 4 atom stereocenters. The number of carbonyl (C=O) groups excluding carboxylic acids is 2. The molecule has 2 saturated carbocycles. The van der Waals surface area contributed by atoms with Crippen LogP contribution in [0.25, 0.3) is 0 Å². The normalized spacial score (nSPS) is 29.4. The molecule has 1 aliphatic heterocycles. The second-order valence-corrected chi connectivity index (χ2v) is 13.3. The molecule has 1 N–H and O–H groups in total. The number of nitrogens with zero attached hydrogens (tertiary/aromatic N) is 1.